The van der Waals surface area contributed by atoms with Gasteiger partial charge in [0, 0.05) is 36.8 Å². The minimum Gasteiger partial charge on any atom is -0.392 e. The van der Waals surface area contributed by atoms with Crippen molar-refractivity contribution in [3.05, 3.63) is 29.3 Å². The molecule has 1 heterocycles. The molecule has 4 nitrogen and oxygen atoms in total. The summed E-state index contributed by atoms with van der Waals surface area (Å²) in [6, 6.07) is 7.10. The first-order valence-corrected chi connectivity index (χ1v) is 6.47. The Morgan fingerprint density at radius 3 is 3.06 bits per heavy atom. The van der Waals surface area contributed by atoms with Crippen LogP contribution in [-0.2, 0) is 4.79 Å². The molecule has 1 saturated heterocycles. The molecule has 0 saturated carbocycles. The first kappa shape index (κ1) is 13.3. The van der Waals surface area contributed by atoms with E-state index in [4.69, 9.17) is 11.6 Å². The van der Waals surface area contributed by atoms with Crippen molar-refractivity contribution >= 4 is 23.2 Å². The molecule has 1 atom stereocenters. The molecule has 2 N–H and O–H groups in total. The third-order valence-electron chi connectivity index (χ3n) is 3.01. The number of benzene rings is 1. The van der Waals surface area contributed by atoms with Crippen molar-refractivity contribution < 1.29 is 9.90 Å². The molecule has 18 heavy (non-hydrogen) atoms. The first-order chi connectivity index (χ1) is 8.63. The highest BCUT2D eigenvalue weighted by Gasteiger charge is 2.20. The molecule has 1 aromatic rings. The highest BCUT2D eigenvalue weighted by molar-refractivity contribution is 6.30. The molecule has 1 amide bonds. The number of amides is 1. The highest BCUT2D eigenvalue weighted by Crippen LogP contribution is 2.15. The van der Waals surface area contributed by atoms with Gasteiger partial charge in [-0.2, -0.15) is 0 Å². The third kappa shape index (κ3) is 3.98. The van der Waals surface area contributed by atoms with E-state index in [0.717, 1.165) is 13.0 Å². The van der Waals surface area contributed by atoms with Crippen LogP contribution in [0.4, 0.5) is 5.69 Å². The summed E-state index contributed by atoms with van der Waals surface area (Å²) < 4.78 is 0. The molecule has 1 aliphatic heterocycles. The lowest BCUT2D eigenvalue weighted by atomic mass is 10.3. The number of β-amino-alcohol motifs (C(OH)–C–C–N with tert-alkyl or cyclic N) is 1. The lowest BCUT2D eigenvalue weighted by Gasteiger charge is -2.14. The normalized spacial score (nSPS) is 20.0. The number of aliphatic hydroxyl groups is 1. The Morgan fingerprint density at radius 1 is 1.56 bits per heavy atom. The summed E-state index contributed by atoms with van der Waals surface area (Å²) in [7, 11) is 0. The Hall–Kier alpha value is -1.10. The van der Waals surface area contributed by atoms with Gasteiger partial charge in [-0.05, 0) is 24.6 Å². The van der Waals surface area contributed by atoms with Crippen molar-refractivity contribution in [3.63, 3.8) is 0 Å². The Morgan fingerprint density at radius 2 is 2.39 bits per heavy atom. The van der Waals surface area contributed by atoms with Gasteiger partial charge in [0.2, 0.25) is 5.91 Å². The van der Waals surface area contributed by atoms with E-state index < -0.39 is 0 Å². The van der Waals surface area contributed by atoms with Crippen LogP contribution in [0.25, 0.3) is 0 Å². The van der Waals surface area contributed by atoms with Crippen molar-refractivity contribution in [2.75, 3.05) is 25.0 Å². The SMILES string of the molecule is O=C(CCN1CCC(O)C1)Nc1cccc(Cl)c1. The first-order valence-electron chi connectivity index (χ1n) is 6.09. The van der Waals surface area contributed by atoms with Crippen LogP contribution in [0.5, 0.6) is 0 Å². The van der Waals surface area contributed by atoms with E-state index >= 15 is 0 Å². The van der Waals surface area contributed by atoms with Gasteiger partial charge in [-0.25, -0.2) is 0 Å². The lowest BCUT2D eigenvalue weighted by Crippen LogP contribution is -2.26. The van der Waals surface area contributed by atoms with Crippen LogP contribution in [0.3, 0.4) is 0 Å². The average Bonchev–Trinajstić information content (AvgIpc) is 2.73. The molecule has 0 spiro atoms. The number of hydrogen-bond donors (Lipinski definition) is 2. The van der Waals surface area contributed by atoms with E-state index in [1.807, 2.05) is 6.07 Å². The lowest BCUT2D eigenvalue weighted by molar-refractivity contribution is -0.116. The topological polar surface area (TPSA) is 52.6 Å². The average molecular weight is 269 g/mol. The molecule has 0 aromatic heterocycles. The number of aliphatic hydroxyl groups excluding tert-OH is 1. The fourth-order valence-electron chi connectivity index (χ4n) is 2.06. The molecule has 1 unspecified atom stereocenters. The maximum atomic E-state index is 11.7. The Balaban J connectivity index is 1.75. The van der Waals surface area contributed by atoms with Gasteiger partial charge < -0.3 is 15.3 Å². The fourth-order valence-corrected chi connectivity index (χ4v) is 2.25. The highest BCUT2D eigenvalue weighted by atomic mass is 35.5. The van der Waals surface area contributed by atoms with Crippen molar-refractivity contribution in [1.82, 2.24) is 4.90 Å². The van der Waals surface area contributed by atoms with Crippen molar-refractivity contribution in [3.8, 4) is 0 Å². The van der Waals surface area contributed by atoms with Gasteiger partial charge in [0.1, 0.15) is 0 Å². The third-order valence-corrected chi connectivity index (χ3v) is 3.25. The number of likely N-dealkylation sites (tertiary alicyclic amines) is 1. The largest absolute Gasteiger partial charge is 0.392 e. The van der Waals surface area contributed by atoms with Crippen molar-refractivity contribution in [1.29, 1.82) is 0 Å². The number of nitrogens with one attached hydrogen (secondary N) is 1. The molecule has 0 radical (unpaired) electrons. The van der Waals surface area contributed by atoms with E-state index in [0.29, 0.717) is 30.2 Å². The molecule has 0 aliphatic carbocycles. The summed E-state index contributed by atoms with van der Waals surface area (Å²) in [5.74, 6) is -0.0290. The number of carbonyl (C=O) groups is 1. The molecule has 2 rings (SSSR count). The van der Waals surface area contributed by atoms with Gasteiger partial charge in [0.15, 0.2) is 0 Å². The minimum atomic E-state index is -0.235. The molecule has 1 aromatic carbocycles. The quantitative estimate of drug-likeness (QED) is 0.875. The summed E-state index contributed by atoms with van der Waals surface area (Å²) in [6.45, 7) is 2.22. The molecule has 5 heteroatoms. The van der Waals surface area contributed by atoms with Crippen LogP contribution >= 0.6 is 11.6 Å². The van der Waals surface area contributed by atoms with Crippen molar-refractivity contribution in [2.45, 2.75) is 18.9 Å². The zero-order chi connectivity index (χ0) is 13.0. The minimum absolute atomic E-state index is 0.0290. The molecular weight excluding hydrogens is 252 g/mol. The zero-order valence-electron chi connectivity index (χ0n) is 10.1. The van der Waals surface area contributed by atoms with Gasteiger partial charge in [-0.1, -0.05) is 17.7 Å². The summed E-state index contributed by atoms with van der Waals surface area (Å²) >= 11 is 5.84. The predicted octanol–water partition coefficient (Wildman–Crippen LogP) is 1.74. The van der Waals surface area contributed by atoms with Crippen molar-refractivity contribution in [2.24, 2.45) is 0 Å². The van der Waals surface area contributed by atoms with E-state index in [2.05, 4.69) is 10.2 Å². The van der Waals surface area contributed by atoms with E-state index in [1.165, 1.54) is 0 Å². The second kappa shape index (κ2) is 6.18. The smallest absolute Gasteiger partial charge is 0.225 e. The fraction of sp³-hybridized carbons (Fsp3) is 0.462. The second-order valence-corrected chi connectivity index (χ2v) is 4.99. The number of carbonyl (C=O) groups excluding carboxylic acids is 1. The summed E-state index contributed by atoms with van der Waals surface area (Å²) in [6.07, 6.45) is 0.996. The molecule has 0 bridgehead atoms. The Bertz CT molecular complexity index is 425. The molecule has 1 aliphatic rings. The maximum Gasteiger partial charge on any atom is 0.225 e. The van der Waals surface area contributed by atoms with E-state index in [9.17, 15) is 9.90 Å². The molecular formula is C13H17ClN2O2. The number of anilines is 1. The molecule has 1 fully saturated rings. The maximum absolute atomic E-state index is 11.7. The van der Waals surface area contributed by atoms with Gasteiger partial charge in [-0.15, -0.1) is 0 Å². The zero-order valence-corrected chi connectivity index (χ0v) is 10.9. The van der Waals surface area contributed by atoms with Gasteiger partial charge in [0.05, 0.1) is 6.10 Å². The van der Waals surface area contributed by atoms with E-state index in [-0.39, 0.29) is 12.0 Å². The number of rotatable bonds is 4. The van der Waals surface area contributed by atoms with Crippen LogP contribution in [0, 0.1) is 0 Å². The number of nitrogens with zero attached hydrogens (tertiary/aromatic N) is 1. The van der Waals surface area contributed by atoms with Crippen LogP contribution in [0.2, 0.25) is 5.02 Å². The van der Waals surface area contributed by atoms with Crippen LogP contribution in [-0.4, -0.2) is 41.7 Å². The van der Waals surface area contributed by atoms with E-state index in [1.54, 1.807) is 18.2 Å². The van der Waals surface area contributed by atoms with Crippen LogP contribution in [0.1, 0.15) is 12.8 Å². The summed E-state index contributed by atoms with van der Waals surface area (Å²) in [5, 5.41) is 12.8. The monoisotopic (exact) mass is 268 g/mol. The second-order valence-electron chi connectivity index (χ2n) is 4.55. The standard InChI is InChI=1S/C13H17ClN2O2/c14-10-2-1-3-11(8-10)15-13(18)5-7-16-6-4-12(17)9-16/h1-3,8,12,17H,4-7,9H2,(H,15,18). The van der Waals surface area contributed by atoms with Crippen LogP contribution < -0.4 is 5.32 Å². The predicted molar refractivity (Wildman–Crippen MR) is 71.8 cm³/mol. The Labute approximate surface area is 112 Å². The summed E-state index contributed by atoms with van der Waals surface area (Å²) in [4.78, 5) is 13.8. The van der Waals surface area contributed by atoms with Crippen LogP contribution in [0.15, 0.2) is 24.3 Å². The van der Waals surface area contributed by atoms with Gasteiger partial charge >= 0.3 is 0 Å². The van der Waals surface area contributed by atoms with Gasteiger partial charge in [-0.3, -0.25) is 4.79 Å². The Kier molecular flexibility index (Phi) is 4.58. The molecule has 98 valence electrons. The number of halogens is 1. The number of hydrogen-bond acceptors (Lipinski definition) is 3. The van der Waals surface area contributed by atoms with Gasteiger partial charge in [0.25, 0.3) is 0 Å². The summed E-state index contributed by atoms with van der Waals surface area (Å²) in [5.41, 5.74) is 0.717.